The van der Waals surface area contributed by atoms with Crippen LogP contribution in [0.1, 0.15) is 39.7 Å². The molecule has 25 heavy (non-hydrogen) atoms. The number of aryl methyl sites for hydroxylation is 2. The van der Waals surface area contributed by atoms with Gasteiger partial charge in [0, 0.05) is 10.9 Å². The molecule has 0 saturated carbocycles. The average molecular weight is 377 g/mol. The van der Waals surface area contributed by atoms with Crippen molar-refractivity contribution in [1.82, 2.24) is 5.32 Å². The summed E-state index contributed by atoms with van der Waals surface area (Å²) in [5.74, 6) is -0.343. The molecule has 2 N–H and O–H groups in total. The van der Waals surface area contributed by atoms with E-state index in [1.807, 2.05) is 19.9 Å². The molecule has 1 heterocycles. The minimum absolute atomic E-state index is 0.226. The van der Waals surface area contributed by atoms with E-state index in [9.17, 15) is 4.79 Å². The Morgan fingerprint density at radius 3 is 2.60 bits per heavy atom. The third kappa shape index (κ3) is 5.28. The summed E-state index contributed by atoms with van der Waals surface area (Å²) >= 11 is 6.92. The molecule has 0 radical (unpaired) electrons. The third-order valence-electron chi connectivity index (χ3n) is 4.09. The Bertz CT molecular complexity index is 741. The van der Waals surface area contributed by atoms with Crippen LogP contribution in [-0.4, -0.2) is 24.2 Å². The molecule has 0 aliphatic rings. The van der Waals surface area contributed by atoms with Gasteiger partial charge in [-0.3, -0.25) is 0 Å². The van der Waals surface area contributed by atoms with Gasteiger partial charge in [-0.05, 0) is 57.0 Å². The number of carbonyl (C=O) groups excluding carboxylic acids is 1. The predicted octanol–water partition coefficient (Wildman–Crippen LogP) is 4.46. The monoisotopic (exact) mass is 376 g/mol. The maximum absolute atomic E-state index is 12.0. The molecule has 0 spiro atoms. The number of hydrogen-bond donors (Lipinski definition) is 2. The molecule has 0 saturated heterocycles. The van der Waals surface area contributed by atoms with Gasteiger partial charge in [0.05, 0.1) is 12.7 Å². The first-order valence-electron chi connectivity index (χ1n) is 8.22. The maximum atomic E-state index is 12.0. The van der Waals surface area contributed by atoms with Crippen LogP contribution in [0.15, 0.2) is 30.3 Å². The normalized spacial score (nSPS) is 11.7. The van der Waals surface area contributed by atoms with Gasteiger partial charge in [-0.2, -0.15) is 0 Å². The fourth-order valence-electron chi connectivity index (χ4n) is 2.53. The molecule has 4 nitrogen and oxygen atoms in total. The Labute approximate surface area is 158 Å². The van der Waals surface area contributed by atoms with E-state index in [0.29, 0.717) is 10.7 Å². The second-order valence-electron chi connectivity index (χ2n) is 6.00. The Balaban J connectivity index is 1.94. The summed E-state index contributed by atoms with van der Waals surface area (Å²) in [4.78, 5) is 13.1. The van der Waals surface area contributed by atoms with E-state index in [2.05, 4.69) is 41.8 Å². The molecule has 1 aromatic carbocycles. The molecule has 0 bridgehead atoms. The summed E-state index contributed by atoms with van der Waals surface area (Å²) in [7, 11) is 1.39. The van der Waals surface area contributed by atoms with Crippen molar-refractivity contribution >= 4 is 39.6 Å². The zero-order valence-corrected chi connectivity index (χ0v) is 16.6. The summed E-state index contributed by atoms with van der Waals surface area (Å²) in [6.07, 6.45) is 1.96. The zero-order valence-electron chi connectivity index (χ0n) is 15.0. The highest BCUT2D eigenvalue weighted by atomic mass is 32.1. The quantitative estimate of drug-likeness (QED) is 0.576. The molecule has 0 aliphatic carbocycles. The summed E-state index contributed by atoms with van der Waals surface area (Å²) < 4.78 is 4.89. The van der Waals surface area contributed by atoms with E-state index in [1.165, 1.54) is 24.0 Å². The Kier molecular flexibility index (Phi) is 6.96. The lowest BCUT2D eigenvalue weighted by atomic mass is 10.1. The summed E-state index contributed by atoms with van der Waals surface area (Å²) in [6, 6.07) is 10.6. The van der Waals surface area contributed by atoms with Gasteiger partial charge in [0.1, 0.15) is 5.00 Å². The SMILES string of the molecule is COC(=O)c1c(NC(=S)NC(C)CCc2ccccc2)sc(C)c1C. The maximum Gasteiger partial charge on any atom is 0.341 e. The van der Waals surface area contributed by atoms with E-state index >= 15 is 0 Å². The zero-order chi connectivity index (χ0) is 18.4. The van der Waals surface area contributed by atoms with E-state index in [0.717, 1.165) is 28.3 Å². The molecule has 1 aromatic heterocycles. The largest absolute Gasteiger partial charge is 0.465 e. The number of anilines is 1. The van der Waals surface area contributed by atoms with Crippen molar-refractivity contribution in [2.45, 2.75) is 39.7 Å². The standard InChI is InChI=1S/C19H24N2O2S2/c1-12(10-11-15-8-6-5-7-9-15)20-19(24)21-17-16(18(22)23-4)13(2)14(3)25-17/h5-9,12H,10-11H2,1-4H3,(H2,20,21,24). The van der Waals surface area contributed by atoms with Crippen molar-refractivity contribution in [3.63, 3.8) is 0 Å². The van der Waals surface area contributed by atoms with Gasteiger partial charge in [-0.25, -0.2) is 4.79 Å². The number of hydrogen-bond acceptors (Lipinski definition) is 4. The van der Waals surface area contributed by atoms with E-state index < -0.39 is 0 Å². The smallest absolute Gasteiger partial charge is 0.341 e. The van der Waals surface area contributed by atoms with Crippen LogP contribution in [-0.2, 0) is 11.2 Å². The molecule has 2 aromatic rings. The summed E-state index contributed by atoms with van der Waals surface area (Å²) in [5, 5.41) is 7.69. The molecule has 1 atom stereocenters. The molecule has 2 rings (SSSR count). The summed E-state index contributed by atoms with van der Waals surface area (Å²) in [5.41, 5.74) is 2.80. The van der Waals surface area contributed by atoms with Crippen LogP contribution in [0.3, 0.4) is 0 Å². The van der Waals surface area contributed by atoms with E-state index in [1.54, 1.807) is 0 Å². The number of methoxy groups -OCH3 is 1. The number of rotatable bonds is 6. The molecule has 0 amide bonds. The number of thiocarbonyl (C=S) groups is 1. The fraction of sp³-hybridized carbons (Fsp3) is 0.368. The van der Waals surface area contributed by atoms with Crippen LogP contribution in [0, 0.1) is 13.8 Å². The lowest BCUT2D eigenvalue weighted by Crippen LogP contribution is -2.36. The molecule has 134 valence electrons. The van der Waals surface area contributed by atoms with Crippen molar-refractivity contribution in [2.24, 2.45) is 0 Å². The van der Waals surface area contributed by atoms with Crippen LogP contribution in [0.5, 0.6) is 0 Å². The van der Waals surface area contributed by atoms with Crippen LogP contribution >= 0.6 is 23.6 Å². The van der Waals surface area contributed by atoms with Gasteiger partial charge >= 0.3 is 5.97 Å². The molecular formula is C19H24N2O2S2. The van der Waals surface area contributed by atoms with E-state index in [4.69, 9.17) is 17.0 Å². The van der Waals surface area contributed by atoms with Crippen LogP contribution in [0.25, 0.3) is 0 Å². The van der Waals surface area contributed by atoms with Crippen molar-refractivity contribution in [3.8, 4) is 0 Å². The molecule has 1 unspecified atom stereocenters. The highest BCUT2D eigenvalue weighted by Crippen LogP contribution is 2.32. The first-order chi connectivity index (χ1) is 11.9. The van der Waals surface area contributed by atoms with Crippen molar-refractivity contribution in [2.75, 3.05) is 12.4 Å². The van der Waals surface area contributed by atoms with Gasteiger partial charge in [-0.1, -0.05) is 30.3 Å². The summed E-state index contributed by atoms with van der Waals surface area (Å²) in [6.45, 7) is 6.00. The topological polar surface area (TPSA) is 50.4 Å². The number of benzene rings is 1. The fourth-order valence-corrected chi connectivity index (χ4v) is 3.95. The van der Waals surface area contributed by atoms with Gasteiger partial charge in [-0.15, -0.1) is 11.3 Å². The molecule has 0 aliphatic heterocycles. The number of ether oxygens (including phenoxy) is 1. The minimum atomic E-state index is -0.343. The number of esters is 1. The minimum Gasteiger partial charge on any atom is -0.465 e. The van der Waals surface area contributed by atoms with Crippen LogP contribution in [0.4, 0.5) is 5.00 Å². The first-order valence-corrected chi connectivity index (χ1v) is 9.44. The van der Waals surface area contributed by atoms with Gasteiger partial charge in [0.15, 0.2) is 5.11 Å². The second kappa shape index (κ2) is 8.97. The first kappa shape index (κ1) is 19.4. The predicted molar refractivity (Wildman–Crippen MR) is 109 cm³/mol. The van der Waals surface area contributed by atoms with Crippen molar-refractivity contribution < 1.29 is 9.53 Å². The lowest BCUT2D eigenvalue weighted by molar-refractivity contribution is 0.0601. The van der Waals surface area contributed by atoms with Crippen molar-refractivity contribution in [1.29, 1.82) is 0 Å². The Morgan fingerprint density at radius 1 is 1.28 bits per heavy atom. The average Bonchev–Trinajstić information content (AvgIpc) is 2.87. The highest BCUT2D eigenvalue weighted by Gasteiger charge is 2.21. The molecular weight excluding hydrogens is 352 g/mol. The number of thiophene rings is 1. The molecule has 0 fully saturated rings. The van der Waals surface area contributed by atoms with Gasteiger partial charge in [0.25, 0.3) is 0 Å². The molecule has 6 heteroatoms. The Morgan fingerprint density at radius 2 is 1.96 bits per heavy atom. The van der Waals surface area contributed by atoms with Gasteiger partial charge < -0.3 is 15.4 Å². The highest BCUT2D eigenvalue weighted by molar-refractivity contribution is 7.80. The van der Waals surface area contributed by atoms with Crippen LogP contribution in [0.2, 0.25) is 0 Å². The van der Waals surface area contributed by atoms with Crippen LogP contribution < -0.4 is 10.6 Å². The Hall–Kier alpha value is -1.92. The van der Waals surface area contributed by atoms with Crippen molar-refractivity contribution in [3.05, 3.63) is 51.9 Å². The third-order valence-corrected chi connectivity index (χ3v) is 5.43. The van der Waals surface area contributed by atoms with Gasteiger partial charge in [0.2, 0.25) is 0 Å². The second-order valence-corrected chi connectivity index (χ2v) is 7.64. The lowest BCUT2D eigenvalue weighted by Gasteiger charge is -2.17. The van der Waals surface area contributed by atoms with E-state index in [-0.39, 0.29) is 12.0 Å². The number of nitrogens with one attached hydrogen (secondary N) is 2. The number of carbonyl (C=O) groups is 1.